The number of carboxylic acids is 1. The van der Waals surface area contributed by atoms with Gasteiger partial charge in [0, 0.05) is 40.5 Å². The molecule has 0 fully saturated rings. The van der Waals surface area contributed by atoms with Gasteiger partial charge >= 0.3 is 5.63 Å². The fourth-order valence-electron chi connectivity index (χ4n) is 4.76. The molecule has 8 heteroatoms. The third-order valence-corrected chi connectivity index (χ3v) is 6.58. The van der Waals surface area contributed by atoms with E-state index in [1.165, 1.54) is 6.92 Å². The number of ether oxygens (including phenoxy) is 1. The van der Waals surface area contributed by atoms with Gasteiger partial charge in [-0.25, -0.2) is 4.79 Å². The van der Waals surface area contributed by atoms with Gasteiger partial charge in [0.05, 0.1) is 12.0 Å². The van der Waals surface area contributed by atoms with E-state index in [0.717, 1.165) is 58.7 Å². The second kappa shape index (κ2) is 9.29. The van der Waals surface area contributed by atoms with Crippen molar-refractivity contribution >= 4 is 33.7 Å². The number of para-hydroxylation sites is 1. The first-order valence-corrected chi connectivity index (χ1v) is 11.7. The van der Waals surface area contributed by atoms with Crippen LogP contribution in [0.5, 0.6) is 5.75 Å². The highest BCUT2D eigenvalue weighted by Gasteiger charge is 2.22. The van der Waals surface area contributed by atoms with Crippen LogP contribution in [0.15, 0.2) is 57.9 Å². The Morgan fingerprint density at radius 3 is 2.69 bits per heavy atom. The van der Waals surface area contributed by atoms with Crippen LogP contribution in [0.1, 0.15) is 36.5 Å². The largest absolute Gasteiger partial charge is 0.548 e. The van der Waals surface area contributed by atoms with Crippen molar-refractivity contribution in [1.29, 1.82) is 0 Å². The first-order valence-electron chi connectivity index (χ1n) is 11.7. The van der Waals surface area contributed by atoms with E-state index in [1.807, 2.05) is 30.3 Å². The number of carboxylic acid groups (broad SMARTS) is 1. The minimum atomic E-state index is -1.38. The van der Waals surface area contributed by atoms with Crippen LogP contribution >= 0.6 is 0 Å². The van der Waals surface area contributed by atoms with Gasteiger partial charge in [0.15, 0.2) is 6.10 Å². The second-order valence-electron chi connectivity index (χ2n) is 8.92. The van der Waals surface area contributed by atoms with Gasteiger partial charge in [0.2, 0.25) is 0 Å². The van der Waals surface area contributed by atoms with Crippen molar-refractivity contribution in [3.8, 4) is 5.75 Å². The molecule has 2 aromatic heterocycles. The average Bonchev–Trinajstić information content (AvgIpc) is 3.26. The van der Waals surface area contributed by atoms with Gasteiger partial charge in [0.1, 0.15) is 11.3 Å². The van der Waals surface area contributed by atoms with Gasteiger partial charge in [-0.15, -0.1) is 0 Å². The molecule has 0 unspecified atom stereocenters. The van der Waals surface area contributed by atoms with Crippen LogP contribution in [0, 0.1) is 0 Å². The molecule has 1 aliphatic carbocycles. The predicted octanol–water partition coefficient (Wildman–Crippen LogP) is 2.40. The lowest BCUT2D eigenvalue weighted by Crippen LogP contribution is -2.52. The van der Waals surface area contributed by atoms with Crippen LogP contribution < -0.4 is 20.8 Å². The summed E-state index contributed by atoms with van der Waals surface area (Å²) in [5.41, 5.74) is 3.49. The molecule has 2 heterocycles. The summed E-state index contributed by atoms with van der Waals surface area (Å²) in [6, 6.07) is 11.5. The summed E-state index contributed by atoms with van der Waals surface area (Å²) in [6.45, 7) is 1.53. The molecule has 180 valence electrons. The SMILES string of the molecule is C[C@@H](Oc1ccc2c3c(c(=O)oc2c1)CCCC3)C(=O)N[C@@H](Cc1c[nH]c2ccccc12)C(=O)[O-]. The van der Waals surface area contributed by atoms with Crippen LogP contribution in [0.3, 0.4) is 0 Å². The third-order valence-electron chi connectivity index (χ3n) is 6.58. The van der Waals surface area contributed by atoms with Gasteiger partial charge in [-0.3, -0.25) is 4.79 Å². The molecule has 1 aliphatic rings. The lowest BCUT2D eigenvalue weighted by Gasteiger charge is -2.22. The molecule has 0 spiro atoms. The van der Waals surface area contributed by atoms with Crippen LogP contribution in [0.25, 0.3) is 21.9 Å². The number of hydrogen-bond donors (Lipinski definition) is 2. The van der Waals surface area contributed by atoms with Gasteiger partial charge in [0.25, 0.3) is 5.91 Å². The number of benzene rings is 2. The number of rotatable bonds is 7. The molecule has 2 aromatic carbocycles. The van der Waals surface area contributed by atoms with Crippen molar-refractivity contribution in [1.82, 2.24) is 10.3 Å². The topological polar surface area (TPSA) is 124 Å². The number of H-pyrrole nitrogens is 1. The number of hydrogen-bond acceptors (Lipinski definition) is 6. The Morgan fingerprint density at radius 1 is 1.11 bits per heavy atom. The fourth-order valence-corrected chi connectivity index (χ4v) is 4.76. The van der Waals surface area contributed by atoms with E-state index < -0.39 is 24.0 Å². The Morgan fingerprint density at radius 2 is 1.89 bits per heavy atom. The monoisotopic (exact) mass is 473 g/mol. The Kier molecular flexibility index (Phi) is 6.03. The van der Waals surface area contributed by atoms with E-state index in [9.17, 15) is 19.5 Å². The number of carbonyl (C=O) groups is 2. The molecule has 1 amide bonds. The highest BCUT2D eigenvalue weighted by atomic mass is 16.5. The molecule has 2 N–H and O–H groups in total. The minimum Gasteiger partial charge on any atom is -0.548 e. The highest BCUT2D eigenvalue weighted by Crippen LogP contribution is 2.29. The van der Waals surface area contributed by atoms with Crippen molar-refractivity contribution in [3.63, 3.8) is 0 Å². The number of aryl methyl sites for hydroxylation is 1. The van der Waals surface area contributed by atoms with Crippen molar-refractivity contribution in [3.05, 3.63) is 75.8 Å². The van der Waals surface area contributed by atoms with Crippen molar-refractivity contribution < 1.29 is 23.8 Å². The zero-order chi connectivity index (χ0) is 24.5. The first-order chi connectivity index (χ1) is 16.9. The first kappa shape index (κ1) is 22.7. The summed E-state index contributed by atoms with van der Waals surface area (Å²) in [4.78, 5) is 40.0. The third kappa shape index (κ3) is 4.51. The Hall–Kier alpha value is -4.07. The van der Waals surface area contributed by atoms with Crippen LogP contribution in [-0.2, 0) is 28.9 Å². The van der Waals surface area contributed by atoms with E-state index in [2.05, 4.69) is 10.3 Å². The number of amides is 1. The van der Waals surface area contributed by atoms with Crippen LogP contribution in [0.2, 0.25) is 0 Å². The molecule has 4 aromatic rings. The highest BCUT2D eigenvalue weighted by molar-refractivity contribution is 5.88. The smallest absolute Gasteiger partial charge is 0.339 e. The number of aromatic amines is 1. The van der Waals surface area contributed by atoms with E-state index in [0.29, 0.717) is 11.3 Å². The van der Waals surface area contributed by atoms with Gasteiger partial charge in [-0.05, 0) is 61.9 Å². The molecule has 5 rings (SSSR count). The summed E-state index contributed by atoms with van der Waals surface area (Å²) in [5.74, 6) is -1.63. The molecule has 0 saturated carbocycles. The number of aromatic nitrogens is 1. The Balaban J connectivity index is 1.30. The number of nitrogens with one attached hydrogen (secondary N) is 2. The van der Waals surface area contributed by atoms with Crippen LogP contribution in [0.4, 0.5) is 0 Å². The zero-order valence-electron chi connectivity index (χ0n) is 19.3. The van der Waals surface area contributed by atoms with Gasteiger partial charge < -0.3 is 29.4 Å². The second-order valence-corrected chi connectivity index (χ2v) is 8.92. The molecule has 0 radical (unpaired) electrons. The summed E-state index contributed by atoms with van der Waals surface area (Å²) >= 11 is 0. The maximum atomic E-state index is 12.8. The molecule has 8 nitrogen and oxygen atoms in total. The normalized spacial score (nSPS) is 14.9. The van der Waals surface area contributed by atoms with E-state index in [1.54, 1.807) is 18.3 Å². The number of carbonyl (C=O) groups excluding carboxylic acids is 2. The van der Waals surface area contributed by atoms with E-state index in [-0.39, 0.29) is 12.0 Å². The lowest BCUT2D eigenvalue weighted by molar-refractivity contribution is -0.308. The van der Waals surface area contributed by atoms with Crippen molar-refractivity contribution in [2.24, 2.45) is 0 Å². The van der Waals surface area contributed by atoms with Crippen molar-refractivity contribution in [2.75, 3.05) is 0 Å². The summed E-state index contributed by atoms with van der Waals surface area (Å²) in [7, 11) is 0. The maximum absolute atomic E-state index is 12.8. The molecule has 0 saturated heterocycles. The predicted molar refractivity (Wildman–Crippen MR) is 128 cm³/mol. The Bertz CT molecular complexity index is 1480. The molecule has 0 aliphatic heterocycles. The molecule has 2 atom stereocenters. The molecular formula is C27H25N2O6-. The molecule has 0 bridgehead atoms. The molecular weight excluding hydrogens is 448 g/mol. The lowest BCUT2D eigenvalue weighted by atomic mass is 9.91. The van der Waals surface area contributed by atoms with Gasteiger partial charge in [-0.1, -0.05) is 18.2 Å². The average molecular weight is 474 g/mol. The van der Waals surface area contributed by atoms with Crippen LogP contribution in [-0.4, -0.2) is 29.0 Å². The minimum absolute atomic E-state index is 0.0665. The summed E-state index contributed by atoms with van der Waals surface area (Å²) < 4.78 is 11.3. The van der Waals surface area contributed by atoms with Crippen molar-refractivity contribution in [2.45, 2.75) is 51.2 Å². The maximum Gasteiger partial charge on any atom is 0.339 e. The summed E-state index contributed by atoms with van der Waals surface area (Å²) in [5, 5.41) is 16.0. The molecule has 35 heavy (non-hydrogen) atoms. The summed E-state index contributed by atoms with van der Waals surface area (Å²) in [6.07, 6.45) is 4.37. The fraction of sp³-hybridized carbons (Fsp3) is 0.296. The zero-order valence-corrected chi connectivity index (χ0v) is 19.3. The van der Waals surface area contributed by atoms with E-state index in [4.69, 9.17) is 9.15 Å². The Labute approximate surface area is 200 Å². The number of fused-ring (bicyclic) bond motifs is 4. The number of aliphatic carboxylic acids is 1. The standard InChI is InChI=1S/C27H26N2O6/c1-15(25(30)29-23(26(31)32)12-16-14-28-22-9-5-4-6-18(16)22)34-17-10-11-20-19-7-2-3-8-21(19)27(33)35-24(20)13-17/h4-6,9-11,13-15,23,28H,2-3,7-8,12H2,1H3,(H,29,30)(H,31,32)/p-1/t15-,23+/m1/s1. The van der Waals surface area contributed by atoms with E-state index >= 15 is 0 Å². The quantitative estimate of drug-likeness (QED) is 0.397. The van der Waals surface area contributed by atoms with Gasteiger partial charge in [-0.2, -0.15) is 0 Å².